The lowest BCUT2D eigenvalue weighted by molar-refractivity contribution is -0.0597. The first-order valence-electron chi connectivity index (χ1n) is 13.4. The van der Waals surface area contributed by atoms with E-state index < -0.39 is 18.1 Å². The van der Waals surface area contributed by atoms with Crippen molar-refractivity contribution in [2.75, 3.05) is 12.4 Å². The molecule has 3 aromatic carbocycles. The molecule has 10 heteroatoms. The lowest BCUT2D eigenvalue weighted by Crippen LogP contribution is -2.47. The molecule has 1 aliphatic rings. The van der Waals surface area contributed by atoms with Crippen LogP contribution in [0.15, 0.2) is 83.9 Å². The third-order valence-corrected chi connectivity index (χ3v) is 8.20. The molecule has 3 atom stereocenters. The Bertz CT molecular complexity index is 1320. The smallest absolute Gasteiger partial charge is 0.448 e. The summed E-state index contributed by atoms with van der Waals surface area (Å²) in [6.45, 7) is 0.138. The summed E-state index contributed by atoms with van der Waals surface area (Å²) in [5.74, 6) is -0.754. The second kappa shape index (κ2) is 13.9. The van der Waals surface area contributed by atoms with Crippen LogP contribution in [0.2, 0.25) is 0 Å². The summed E-state index contributed by atoms with van der Waals surface area (Å²) in [5, 5.41) is 0.764. The minimum atomic E-state index is -4.76. The highest BCUT2D eigenvalue weighted by atomic mass is 79.9. The fourth-order valence-electron chi connectivity index (χ4n) is 5.42. The summed E-state index contributed by atoms with van der Waals surface area (Å²) in [6, 6.07) is 23.6. The van der Waals surface area contributed by atoms with Gasteiger partial charge in [-0.1, -0.05) is 83.0 Å². The Morgan fingerprint density at radius 2 is 1.73 bits per heavy atom. The van der Waals surface area contributed by atoms with Crippen molar-refractivity contribution in [1.29, 1.82) is 0 Å². The molecule has 218 valence electrons. The molecule has 4 rings (SSSR count). The molecule has 1 saturated carbocycles. The maximum absolute atomic E-state index is 13.8. The molecule has 41 heavy (non-hydrogen) atoms. The van der Waals surface area contributed by atoms with Crippen molar-refractivity contribution in [3.63, 3.8) is 0 Å². The number of carbonyl (C=O) groups is 1. The highest BCUT2D eigenvalue weighted by Gasteiger charge is 2.40. The van der Waals surface area contributed by atoms with Crippen molar-refractivity contribution in [1.82, 2.24) is 4.90 Å². The Kier molecular flexibility index (Phi) is 10.3. The second-order valence-electron chi connectivity index (χ2n) is 10.0. The predicted molar refractivity (Wildman–Crippen MR) is 157 cm³/mol. The van der Waals surface area contributed by atoms with Crippen LogP contribution >= 0.6 is 15.9 Å². The van der Waals surface area contributed by atoms with E-state index in [0.29, 0.717) is 11.3 Å². The van der Waals surface area contributed by atoms with Crippen LogP contribution in [-0.2, 0) is 17.9 Å². The predicted octanol–water partition coefficient (Wildman–Crippen LogP) is 7.73. The van der Waals surface area contributed by atoms with Crippen molar-refractivity contribution in [2.45, 2.75) is 50.6 Å². The van der Waals surface area contributed by atoms with Gasteiger partial charge in [0.15, 0.2) is 0 Å². The standard InChI is InChI=1S/C31H33BrF3N3O3/c1-40-27-16-15-25(37-29(36)31(33,34)35)17-24(27)19-38(30(39)41-20-21-9-4-2-5-10-21)26-14-8-13-23(18-32)28(26)22-11-6-3-7-12-22/h2-7,9-12,15-17,23,26,28H,8,13-14,18-20H2,1H3,(H2,36,37)/t23-,26?,28-/m1/s1. The fourth-order valence-corrected chi connectivity index (χ4v) is 6.14. The Labute approximate surface area is 246 Å². The van der Waals surface area contributed by atoms with Gasteiger partial charge in [-0.15, -0.1) is 0 Å². The molecule has 0 saturated heterocycles. The number of alkyl halides is 4. The molecule has 1 amide bonds. The van der Waals surface area contributed by atoms with Gasteiger partial charge in [0.2, 0.25) is 5.84 Å². The first kappa shape index (κ1) is 30.4. The molecule has 1 unspecified atom stereocenters. The number of benzene rings is 3. The summed E-state index contributed by atoms with van der Waals surface area (Å²) >= 11 is 3.69. The molecule has 0 aromatic heterocycles. The van der Waals surface area contributed by atoms with Gasteiger partial charge >= 0.3 is 12.3 Å². The maximum Gasteiger partial charge on any atom is 0.448 e. The number of nitrogens with two attached hydrogens (primary N) is 1. The Hall–Kier alpha value is -3.53. The van der Waals surface area contributed by atoms with E-state index in [1.54, 1.807) is 4.90 Å². The van der Waals surface area contributed by atoms with E-state index >= 15 is 0 Å². The van der Waals surface area contributed by atoms with Crippen LogP contribution in [0.5, 0.6) is 5.75 Å². The molecule has 2 N–H and O–H groups in total. The summed E-state index contributed by atoms with van der Waals surface area (Å²) in [7, 11) is 1.47. The molecule has 1 fully saturated rings. The summed E-state index contributed by atoms with van der Waals surface area (Å²) in [6.07, 6.45) is -2.62. The number of methoxy groups -OCH3 is 1. The Morgan fingerprint density at radius 1 is 1.05 bits per heavy atom. The van der Waals surface area contributed by atoms with Gasteiger partial charge in [0.1, 0.15) is 12.4 Å². The molecule has 0 radical (unpaired) electrons. The number of amides is 1. The average molecular weight is 633 g/mol. The second-order valence-corrected chi connectivity index (χ2v) is 10.7. The number of ether oxygens (including phenoxy) is 2. The van der Waals surface area contributed by atoms with Gasteiger partial charge in [-0.3, -0.25) is 0 Å². The summed E-state index contributed by atoms with van der Waals surface area (Å²) < 4.78 is 50.6. The number of halogens is 4. The molecule has 0 heterocycles. The van der Waals surface area contributed by atoms with Crippen LogP contribution < -0.4 is 10.5 Å². The lowest BCUT2D eigenvalue weighted by atomic mass is 9.72. The zero-order valence-corrected chi connectivity index (χ0v) is 24.3. The largest absolute Gasteiger partial charge is 0.496 e. The van der Waals surface area contributed by atoms with Gasteiger partial charge in [-0.05, 0) is 48.1 Å². The van der Waals surface area contributed by atoms with E-state index in [9.17, 15) is 18.0 Å². The Balaban J connectivity index is 1.73. The zero-order valence-electron chi connectivity index (χ0n) is 22.7. The van der Waals surface area contributed by atoms with Crippen molar-refractivity contribution < 1.29 is 27.4 Å². The molecule has 3 aromatic rings. The van der Waals surface area contributed by atoms with Crippen LogP contribution in [-0.4, -0.2) is 41.5 Å². The molecule has 1 aliphatic carbocycles. The highest BCUT2D eigenvalue weighted by molar-refractivity contribution is 9.09. The number of rotatable bonds is 9. The van der Waals surface area contributed by atoms with Gasteiger partial charge in [-0.2, -0.15) is 13.2 Å². The van der Waals surface area contributed by atoms with Gasteiger partial charge in [0.25, 0.3) is 0 Å². The third kappa shape index (κ3) is 7.81. The lowest BCUT2D eigenvalue weighted by Gasteiger charge is -2.43. The minimum absolute atomic E-state index is 0.00909. The number of hydrogen-bond donors (Lipinski definition) is 1. The number of amidine groups is 1. The van der Waals surface area contributed by atoms with E-state index in [-0.39, 0.29) is 36.7 Å². The zero-order chi connectivity index (χ0) is 29.4. The van der Waals surface area contributed by atoms with Crippen LogP contribution in [0.3, 0.4) is 0 Å². The molecule has 6 nitrogen and oxygen atoms in total. The minimum Gasteiger partial charge on any atom is -0.496 e. The van der Waals surface area contributed by atoms with Gasteiger partial charge in [-0.25, -0.2) is 9.79 Å². The van der Waals surface area contributed by atoms with Crippen molar-refractivity contribution in [2.24, 2.45) is 16.6 Å². The van der Waals surface area contributed by atoms with Crippen molar-refractivity contribution in [3.8, 4) is 5.75 Å². The summed E-state index contributed by atoms with van der Waals surface area (Å²) in [4.78, 5) is 19.1. The van der Waals surface area contributed by atoms with Crippen LogP contribution in [0.25, 0.3) is 0 Å². The highest BCUT2D eigenvalue weighted by Crippen LogP contribution is 2.42. The number of nitrogens with zero attached hydrogens (tertiary/aromatic N) is 2. The van der Waals surface area contributed by atoms with Crippen LogP contribution in [0, 0.1) is 5.92 Å². The number of aliphatic imine (C=N–C) groups is 1. The molecule has 0 aliphatic heterocycles. The first-order chi connectivity index (χ1) is 19.7. The van der Waals surface area contributed by atoms with Crippen molar-refractivity contribution in [3.05, 3.63) is 95.6 Å². The van der Waals surface area contributed by atoms with Crippen LogP contribution in [0.4, 0.5) is 23.7 Å². The van der Waals surface area contributed by atoms with E-state index in [4.69, 9.17) is 15.2 Å². The average Bonchev–Trinajstić information content (AvgIpc) is 2.98. The van der Waals surface area contributed by atoms with Gasteiger partial charge in [0.05, 0.1) is 19.3 Å². The number of carbonyl (C=O) groups excluding carboxylic acids is 1. The third-order valence-electron chi connectivity index (χ3n) is 7.36. The SMILES string of the molecule is COc1ccc(N=C(N)C(F)(F)F)cc1CN(C(=O)OCc1ccccc1)C1CCC[C@H](CBr)[C@H]1c1ccccc1. The molecule has 0 bridgehead atoms. The molecule has 0 spiro atoms. The Morgan fingerprint density at radius 3 is 2.37 bits per heavy atom. The monoisotopic (exact) mass is 631 g/mol. The van der Waals surface area contributed by atoms with Crippen LogP contribution in [0.1, 0.15) is 41.9 Å². The molecular formula is C31H33BrF3N3O3. The van der Waals surface area contributed by atoms with E-state index in [2.05, 4.69) is 33.1 Å². The quantitative estimate of drug-likeness (QED) is 0.149. The van der Waals surface area contributed by atoms with Crippen molar-refractivity contribution >= 4 is 33.5 Å². The molecular weight excluding hydrogens is 599 g/mol. The maximum atomic E-state index is 13.8. The van der Waals surface area contributed by atoms with E-state index in [1.807, 2.05) is 48.5 Å². The van der Waals surface area contributed by atoms with E-state index in [0.717, 1.165) is 35.7 Å². The van der Waals surface area contributed by atoms with Gasteiger partial charge in [0, 0.05) is 22.9 Å². The number of hydrogen-bond acceptors (Lipinski definition) is 4. The fraction of sp³-hybridized carbons (Fsp3) is 0.355. The van der Waals surface area contributed by atoms with Gasteiger partial charge < -0.3 is 20.1 Å². The first-order valence-corrected chi connectivity index (χ1v) is 14.5. The topological polar surface area (TPSA) is 77.2 Å². The summed E-state index contributed by atoms with van der Waals surface area (Å²) in [5.41, 5.74) is 7.65. The van der Waals surface area contributed by atoms with E-state index in [1.165, 1.54) is 25.3 Å². The normalized spacial score (nSPS) is 19.4.